The second-order valence-corrected chi connectivity index (χ2v) is 3.74. The number of methoxy groups -OCH3 is 2. The Morgan fingerprint density at radius 3 is 2.33 bits per heavy atom. The molecule has 0 N–H and O–H groups in total. The van der Waals surface area contributed by atoms with Crippen molar-refractivity contribution in [2.45, 2.75) is 6.92 Å². The smallest absolute Gasteiger partial charge is 0.331 e. The third-order valence-electron chi connectivity index (χ3n) is 2.26. The van der Waals surface area contributed by atoms with Gasteiger partial charge in [0.1, 0.15) is 6.73 Å². The van der Waals surface area contributed by atoms with E-state index in [4.69, 9.17) is 14.2 Å². The Kier molecular flexibility index (Phi) is 10.8. The molecule has 0 aromatic carbocycles. The van der Waals surface area contributed by atoms with E-state index in [2.05, 4.69) is 4.74 Å². The number of amides is 1. The van der Waals surface area contributed by atoms with Gasteiger partial charge in [-0.15, -0.1) is 0 Å². The summed E-state index contributed by atoms with van der Waals surface area (Å²) in [5.74, 6) is -1.91. The minimum absolute atomic E-state index is 0.0915. The van der Waals surface area contributed by atoms with E-state index in [0.717, 1.165) is 12.2 Å². The monoisotopic (exact) mass is 303 g/mol. The third kappa shape index (κ3) is 9.58. The standard InChI is InChI=1S/C13H21NO7/c1-4-20-10-14(7-8-18-2)11(15)9-21-13(17)6-5-12(16)19-3/h5-6H,4,7-10H2,1-3H3/b6-5+. The van der Waals surface area contributed by atoms with Crippen molar-refractivity contribution in [3.05, 3.63) is 12.2 Å². The molecule has 0 aromatic rings. The second-order valence-electron chi connectivity index (χ2n) is 3.74. The molecule has 0 atom stereocenters. The van der Waals surface area contributed by atoms with Crippen LogP contribution in [-0.2, 0) is 33.3 Å². The van der Waals surface area contributed by atoms with E-state index in [9.17, 15) is 14.4 Å². The molecular weight excluding hydrogens is 282 g/mol. The van der Waals surface area contributed by atoms with Gasteiger partial charge < -0.3 is 23.8 Å². The van der Waals surface area contributed by atoms with Gasteiger partial charge in [0, 0.05) is 32.4 Å². The van der Waals surface area contributed by atoms with Crippen molar-refractivity contribution in [1.29, 1.82) is 0 Å². The minimum atomic E-state index is -0.808. The molecule has 0 saturated heterocycles. The van der Waals surface area contributed by atoms with E-state index < -0.39 is 24.5 Å². The van der Waals surface area contributed by atoms with Gasteiger partial charge in [0.15, 0.2) is 6.61 Å². The number of ether oxygens (including phenoxy) is 4. The van der Waals surface area contributed by atoms with E-state index in [-0.39, 0.29) is 6.73 Å². The third-order valence-corrected chi connectivity index (χ3v) is 2.26. The highest BCUT2D eigenvalue weighted by Gasteiger charge is 2.15. The lowest BCUT2D eigenvalue weighted by atomic mass is 10.5. The van der Waals surface area contributed by atoms with Crippen molar-refractivity contribution >= 4 is 17.8 Å². The maximum Gasteiger partial charge on any atom is 0.331 e. The average molecular weight is 303 g/mol. The van der Waals surface area contributed by atoms with Gasteiger partial charge in [0.2, 0.25) is 0 Å². The van der Waals surface area contributed by atoms with Crippen LogP contribution in [0.3, 0.4) is 0 Å². The highest BCUT2D eigenvalue weighted by molar-refractivity contribution is 5.92. The van der Waals surface area contributed by atoms with Crippen LogP contribution in [0.25, 0.3) is 0 Å². The summed E-state index contributed by atoms with van der Waals surface area (Å²) in [5.41, 5.74) is 0. The van der Waals surface area contributed by atoms with Crippen LogP contribution < -0.4 is 0 Å². The fourth-order valence-corrected chi connectivity index (χ4v) is 1.14. The zero-order chi connectivity index (χ0) is 16.1. The zero-order valence-electron chi connectivity index (χ0n) is 12.5. The number of hydrogen-bond donors (Lipinski definition) is 0. The summed E-state index contributed by atoms with van der Waals surface area (Å²) >= 11 is 0. The fourth-order valence-electron chi connectivity index (χ4n) is 1.14. The molecule has 0 unspecified atom stereocenters. The van der Waals surface area contributed by atoms with E-state index in [1.807, 2.05) is 0 Å². The van der Waals surface area contributed by atoms with Crippen molar-refractivity contribution in [3.8, 4) is 0 Å². The number of esters is 2. The van der Waals surface area contributed by atoms with Crippen molar-refractivity contribution in [1.82, 2.24) is 4.90 Å². The number of carbonyl (C=O) groups is 3. The molecule has 21 heavy (non-hydrogen) atoms. The van der Waals surface area contributed by atoms with Crippen LogP contribution in [0, 0.1) is 0 Å². The molecule has 1 amide bonds. The topological polar surface area (TPSA) is 91.4 Å². The van der Waals surface area contributed by atoms with Crippen molar-refractivity contribution in [2.24, 2.45) is 0 Å². The summed E-state index contributed by atoms with van der Waals surface area (Å²) in [6, 6.07) is 0. The molecule has 8 heteroatoms. The molecule has 0 heterocycles. The molecule has 120 valence electrons. The van der Waals surface area contributed by atoms with Gasteiger partial charge in [0.05, 0.1) is 13.7 Å². The van der Waals surface area contributed by atoms with Crippen LogP contribution in [0.1, 0.15) is 6.92 Å². The first-order chi connectivity index (χ1) is 10.0. The van der Waals surface area contributed by atoms with Gasteiger partial charge in [-0.25, -0.2) is 9.59 Å². The molecule has 0 spiro atoms. The summed E-state index contributed by atoms with van der Waals surface area (Å²) in [6.45, 7) is 2.57. The molecule has 0 fully saturated rings. The fraction of sp³-hybridized carbons (Fsp3) is 0.615. The van der Waals surface area contributed by atoms with Crippen LogP contribution in [0.5, 0.6) is 0 Å². The maximum absolute atomic E-state index is 11.9. The molecule has 0 rings (SSSR count). The largest absolute Gasteiger partial charge is 0.466 e. The first-order valence-corrected chi connectivity index (χ1v) is 6.32. The lowest BCUT2D eigenvalue weighted by Gasteiger charge is -2.21. The molecule has 0 aromatic heterocycles. The van der Waals surface area contributed by atoms with Crippen molar-refractivity contribution < 1.29 is 33.3 Å². The molecule has 0 aliphatic carbocycles. The van der Waals surface area contributed by atoms with E-state index in [1.165, 1.54) is 19.1 Å². The average Bonchev–Trinajstić information content (AvgIpc) is 2.50. The lowest BCUT2D eigenvalue weighted by Crippen LogP contribution is -2.38. The highest BCUT2D eigenvalue weighted by atomic mass is 16.5. The number of rotatable bonds is 10. The maximum atomic E-state index is 11.9. The predicted molar refractivity (Wildman–Crippen MR) is 72.2 cm³/mol. The normalized spacial score (nSPS) is 10.4. The Bertz CT molecular complexity index is 360. The highest BCUT2D eigenvalue weighted by Crippen LogP contribution is 1.94. The van der Waals surface area contributed by atoms with Gasteiger partial charge in [-0.3, -0.25) is 4.79 Å². The Morgan fingerprint density at radius 2 is 1.76 bits per heavy atom. The first-order valence-electron chi connectivity index (χ1n) is 6.32. The molecule has 0 saturated carbocycles. The minimum Gasteiger partial charge on any atom is -0.466 e. The van der Waals surface area contributed by atoms with Crippen LogP contribution >= 0.6 is 0 Å². The van der Waals surface area contributed by atoms with Crippen LogP contribution in [0.4, 0.5) is 0 Å². The van der Waals surface area contributed by atoms with Crippen LogP contribution in [0.2, 0.25) is 0 Å². The molecular formula is C13H21NO7. The van der Waals surface area contributed by atoms with E-state index >= 15 is 0 Å². The summed E-state index contributed by atoms with van der Waals surface area (Å²) in [4.78, 5) is 35.3. The summed E-state index contributed by atoms with van der Waals surface area (Å²) in [7, 11) is 2.70. The Morgan fingerprint density at radius 1 is 1.10 bits per heavy atom. The molecule has 0 aliphatic heterocycles. The molecule has 8 nitrogen and oxygen atoms in total. The Hall–Kier alpha value is -1.93. The van der Waals surface area contributed by atoms with E-state index in [1.54, 1.807) is 6.92 Å². The molecule has 0 aliphatic rings. The summed E-state index contributed by atoms with van der Waals surface area (Å²) in [5, 5.41) is 0. The zero-order valence-corrected chi connectivity index (χ0v) is 12.5. The lowest BCUT2D eigenvalue weighted by molar-refractivity contribution is -0.151. The van der Waals surface area contributed by atoms with Gasteiger partial charge >= 0.3 is 11.9 Å². The number of nitrogens with zero attached hydrogens (tertiary/aromatic N) is 1. The summed E-state index contributed by atoms with van der Waals surface area (Å²) < 4.78 is 19.1. The quantitative estimate of drug-likeness (QED) is 0.311. The van der Waals surface area contributed by atoms with Crippen LogP contribution in [-0.4, -0.2) is 70.1 Å². The van der Waals surface area contributed by atoms with Crippen molar-refractivity contribution in [3.63, 3.8) is 0 Å². The SMILES string of the molecule is CCOCN(CCOC)C(=O)COC(=O)/C=C/C(=O)OC. The van der Waals surface area contributed by atoms with Gasteiger partial charge in [-0.1, -0.05) is 0 Å². The molecule has 0 bridgehead atoms. The van der Waals surface area contributed by atoms with Gasteiger partial charge in [-0.05, 0) is 6.92 Å². The summed E-state index contributed by atoms with van der Waals surface area (Å²) in [6.07, 6.45) is 1.80. The number of hydrogen-bond acceptors (Lipinski definition) is 7. The number of carbonyl (C=O) groups excluding carboxylic acids is 3. The van der Waals surface area contributed by atoms with Gasteiger partial charge in [-0.2, -0.15) is 0 Å². The molecule has 0 radical (unpaired) electrons. The van der Waals surface area contributed by atoms with E-state index in [0.29, 0.717) is 19.8 Å². The Balaban J connectivity index is 4.24. The first kappa shape index (κ1) is 19.1. The predicted octanol–water partition coefficient (Wildman–Crippen LogP) is -0.272. The van der Waals surface area contributed by atoms with Gasteiger partial charge in [0.25, 0.3) is 5.91 Å². The second kappa shape index (κ2) is 11.9. The van der Waals surface area contributed by atoms with Crippen molar-refractivity contribution in [2.75, 3.05) is 47.3 Å². The Labute approximate surface area is 123 Å². The van der Waals surface area contributed by atoms with Crippen LogP contribution in [0.15, 0.2) is 12.2 Å².